The largest absolute Gasteiger partial charge is 0.507 e. The van der Waals surface area contributed by atoms with E-state index in [1.807, 2.05) is 30.3 Å². The third kappa shape index (κ3) is 4.30. The molecule has 0 aliphatic rings. The summed E-state index contributed by atoms with van der Waals surface area (Å²) < 4.78 is 10.5. The number of H-pyrrole nitrogens is 1. The minimum Gasteiger partial charge on any atom is -0.507 e. The van der Waals surface area contributed by atoms with Crippen molar-refractivity contribution in [3.05, 3.63) is 59.6 Å². The molecule has 0 saturated carbocycles. The highest BCUT2D eigenvalue weighted by Gasteiger charge is 2.14. The average Bonchev–Trinajstić information content (AvgIpc) is 3.17. The minimum absolute atomic E-state index is 0.00363. The molecule has 148 valence electrons. The van der Waals surface area contributed by atoms with E-state index in [0.717, 1.165) is 11.1 Å². The van der Waals surface area contributed by atoms with Gasteiger partial charge in [0.2, 0.25) is 0 Å². The van der Waals surface area contributed by atoms with Crippen LogP contribution >= 0.6 is 0 Å². The van der Waals surface area contributed by atoms with Crippen LogP contribution in [0.5, 0.6) is 11.5 Å². The Morgan fingerprint density at radius 2 is 2.00 bits per heavy atom. The molecule has 0 amide bonds. The number of aliphatic hydroxyl groups excluding tert-OH is 1. The number of imidazole rings is 1. The normalized spacial score (nSPS) is 12.3. The summed E-state index contributed by atoms with van der Waals surface area (Å²) in [4.78, 5) is 12.6. The topological polar surface area (TPSA) is 113 Å². The quantitative estimate of drug-likeness (QED) is 0.274. The first kappa shape index (κ1) is 19.8. The lowest BCUT2D eigenvalue weighted by molar-refractivity contribution is 0.137. The van der Waals surface area contributed by atoms with Gasteiger partial charge < -0.3 is 24.4 Å². The van der Waals surface area contributed by atoms with Crippen LogP contribution in [0.2, 0.25) is 0 Å². The number of benzene rings is 2. The Morgan fingerprint density at radius 1 is 1.21 bits per heavy atom. The number of rotatable bonds is 7. The molecule has 2 N–H and O–H groups in total. The fraction of sp³-hybridized carbons (Fsp3) is 0.190. The van der Waals surface area contributed by atoms with Crippen molar-refractivity contribution in [1.29, 1.82) is 5.26 Å². The number of ether oxygens (including phenoxy) is 2. The number of allylic oxidation sites excluding steroid dienone is 1. The molecule has 0 fully saturated rings. The summed E-state index contributed by atoms with van der Waals surface area (Å²) in [5.74, 6) is 1.23. The number of aromatic amines is 1. The van der Waals surface area contributed by atoms with Gasteiger partial charge in [0, 0.05) is 11.6 Å². The molecular weight excluding hydrogens is 372 g/mol. The van der Waals surface area contributed by atoms with E-state index >= 15 is 0 Å². The second-order valence-corrected chi connectivity index (χ2v) is 6.05. The standard InChI is InChI=1S/C21H20N4O4/c1-13(15-9-8-14(27-2)10-20(15)28-3)25-29-12-19(26)16(11-22)21-23-17-6-4-5-7-18(17)24-21/h4-10,26H,12H2,1-3H3,(H,23,24)/b19-16-,25-13+. The maximum Gasteiger partial charge on any atom is 0.175 e. The molecule has 3 aromatic rings. The van der Waals surface area contributed by atoms with Gasteiger partial charge in [-0.05, 0) is 31.2 Å². The lowest BCUT2D eigenvalue weighted by atomic mass is 10.1. The van der Waals surface area contributed by atoms with Crippen molar-refractivity contribution in [2.75, 3.05) is 20.8 Å². The van der Waals surface area contributed by atoms with Crippen LogP contribution in [0.15, 0.2) is 53.4 Å². The Hall–Kier alpha value is -3.99. The second kappa shape index (κ2) is 8.80. The highest BCUT2D eigenvalue weighted by atomic mass is 16.6. The molecule has 0 radical (unpaired) electrons. The monoisotopic (exact) mass is 392 g/mol. The lowest BCUT2D eigenvalue weighted by Crippen LogP contribution is -2.03. The molecular formula is C21H20N4O4. The van der Waals surface area contributed by atoms with Crippen molar-refractivity contribution in [3.63, 3.8) is 0 Å². The molecule has 0 saturated heterocycles. The van der Waals surface area contributed by atoms with Crippen molar-refractivity contribution in [1.82, 2.24) is 9.97 Å². The van der Waals surface area contributed by atoms with Crippen LogP contribution < -0.4 is 9.47 Å². The zero-order chi connectivity index (χ0) is 20.8. The van der Waals surface area contributed by atoms with E-state index in [4.69, 9.17) is 14.3 Å². The summed E-state index contributed by atoms with van der Waals surface area (Å²) in [6.45, 7) is 1.46. The third-order valence-electron chi connectivity index (χ3n) is 4.23. The molecule has 0 aliphatic heterocycles. The number of oxime groups is 1. The van der Waals surface area contributed by atoms with Gasteiger partial charge in [-0.15, -0.1) is 0 Å². The molecule has 0 spiro atoms. The van der Waals surface area contributed by atoms with E-state index in [-0.39, 0.29) is 23.8 Å². The van der Waals surface area contributed by atoms with Crippen LogP contribution in [0.3, 0.4) is 0 Å². The van der Waals surface area contributed by atoms with Gasteiger partial charge in [-0.1, -0.05) is 17.3 Å². The first-order valence-corrected chi connectivity index (χ1v) is 8.73. The van der Waals surface area contributed by atoms with Gasteiger partial charge >= 0.3 is 0 Å². The zero-order valence-electron chi connectivity index (χ0n) is 16.3. The Bertz CT molecular complexity index is 1090. The predicted molar refractivity (Wildman–Crippen MR) is 109 cm³/mol. The van der Waals surface area contributed by atoms with Crippen molar-refractivity contribution in [2.45, 2.75) is 6.92 Å². The number of fused-ring (bicyclic) bond motifs is 1. The van der Waals surface area contributed by atoms with Crippen LogP contribution in [-0.4, -0.2) is 41.6 Å². The number of aliphatic hydroxyl groups is 1. The van der Waals surface area contributed by atoms with E-state index in [1.165, 1.54) is 0 Å². The van der Waals surface area contributed by atoms with Gasteiger partial charge in [-0.25, -0.2) is 4.98 Å². The molecule has 29 heavy (non-hydrogen) atoms. The van der Waals surface area contributed by atoms with Crippen molar-refractivity contribution in [2.24, 2.45) is 5.16 Å². The number of nitrogens with one attached hydrogen (secondary N) is 1. The third-order valence-corrected chi connectivity index (χ3v) is 4.23. The van der Waals surface area contributed by atoms with Crippen LogP contribution in [0.4, 0.5) is 0 Å². The summed E-state index contributed by atoms with van der Waals surface area (Å²) >= 11 is 0. The molecule has 0 unspecified atom stereocenters. The molecule has 8 nitrogen and oxygen atoms in total. The van der Waals surface area contributed by atoms with Crippen LogP contribution in [0.25, 0.3) is 16.6 Å². The van der Waals surface area contributed by atoms with Gasteiger partial charge in [0.25, 0.3) is 0 Å². The fourth-order valence-corrected chi connectivity index (χ4v) is 2.73. The summed E-state index contributed by atoms with van der Waals surface area (Å²) in [5, 5.41) is 23.7. The van der Waals surface area contributed by atoms with Crippen molar-refractivity contribution in [3.8, 4) is 17.6 Å². The number of para-hydroxylation sites is 2. The second-order valence-electron chi connectivity index (χ2n) is 6.05. The predicted octanol–water partition coefficient (Wildman–Crippen LogP) is 3.81. The summed E-state index contributed by atoms with van der Waals surface area (Å²) in [7, 11) is 3.12. The zero-order valence-corrected chi connectivity index (χ0v) is 16.3. The molecule has 1 heterocycles. The average molecular weight is 392 g/mol. The molecule has 0 atom stereocenters. The number of nitriles is 1. The molecule has 8 heteroatoms. The smallest absolute Gasteiger partial charge is 0.175 e. The number of nitrogens with zero attached hydrogens (tertiary/aromatic N) is 3. The summed E-state index contributed by atoms with van der Waals surface area (Å²) in [6, 6.07) is 14.6. The van der Waals surface area contributed by atoms with Gasteiger partial charge in [0.15, 0.2) is 18.2 Å². The minimum atomic E-state index is -0.282. The maximum absolute atomic E-state index is 10.3. The van der Waals surface area contributed by atoms with Gasteiger partial charge in [-0.3, -0.25) is 0 Å². The van der Waals surface area contributed by atoms with Crippen LogP contribution in [-0.2, 0) is 4.84 Å². The highest BCUT2D eigenvalue weighted by Crippen LogP contribution is 2.25. The van der Waals surface area contributed by atoms with E-state index < -0.39 is 0 Å². The molecule has 0 aliphatic carbocycles. The fourth-order valence-electron chi connectivity index (χ4n) is 2.73. The number of hydrogen-bond donors (Lipinski definition) is 2. The molecule has 1 aromatic heterocycles. The van der Waals surface area contributed by atoms with E-state index in [9.17, 15) is 10.4 Å². The van der Waals surface area contributed by atoms with Crippen molar-refractivity contribution < 1.29 is 19.4 Å². The molecule has 3 rings (SSSR count). The Kier molecular flexibility index (Phi) is 6.00. The van der Waals surface area contributed by atoms with Gasteiger partial charge in [0.05, 0.1) is 31.0 Å². The van der Waals surface area contributed by atoms with E-state index in [1.54, 1.807) is 39.3 Å². The Labute approximate surface area is 167 Å². The molecule has 2 aromatic carbocycles. The maximum atomic E-state index is 10.3. The van der Waals surface area contributed by atoms with E-state index in [0.29, 0.717) is 22.7 Å². The lowest BCUT2D eigenvalue weighted by Gasteiger charge is -2.10. The van der Waals surface area contributed by atoms with Crippen LogP contribution in [0.1, 0.15) is 18.3 Å². The summed E-state index contributed by atoms with van der Waals surface area (Å²) in [6.07, 6.45) is 0. The first-order chi connectivity index (χ1) is 14.1. The molecule has 0 bridgehead atoms. The first-order valence-electron chi connectivity index (χ1n) is 8.73. The van der Waals surface area contributed by atoms with Crippen LogP contribution in [0, 0.1) is 11.3 Å². The van der Waals surface area contributed by atoms with Gasteiger partial charge in [-0.2, -0.15) is 5.26 Å². The Balaban J connectivity index is 1.78. The number of methoxy groups -OCH3 is 2. The van der Waals surface area contributed by atoms with Crippen molar-refractivity contribution >= 4 is 22.3 Å². The SMILES string of the molecule is COc1ccc(/C(C)=N/OC/C(O)=C(\C#N)c2nc3ccccc3[nH]2)c(OC)c1. The number of aromatic nitrogens is 2. The number of hydrogen-bond acceptors (Lipinski definition) is 7. The highest BCUT2D eigenvalue weighted by molar-refractivity contribution is 6.01. The Morgan fingerprint density at radius 3 is 2.69 bits per heavy atom. The van der Waals surface area contributed by atoms with Gasteiger partial charge in [0.1, 0.15) is 23.1 Å². The van der Waals surface area contributed by atoms with E-state index in [2.05, 4.69) is 15.1 Å². The summed E-state index contributed by atoms with van der Waals surface area (Å²) in [5.41, 5.74) is 2.72.